The molecule has 90 valence electrons. The monoisotopic (exact) mass is 276 g/mol. The molecule has 0 radical (unpaired) electrons. The van der Waals surface area contributed by atoms with Crippen LogP contribution in [-0.4, -0.2) is 13.4 Å². The van der Waals surface area contributed by atoms with Gasteiger partial charge in [-0.25, -0.2) is 27.3 Å². The van der Waals surface area contributed by atoms with Crippen molar-refractivity contribution >= 4 is 21.4 Å². The van der Waals surface area contributed by atoms with Crippen LogP contribution in [0.3, 0.4) is 0 Å². The van der Waals surface area contributed by atoms with Gasteiger partial charge in [0.2, 0.25) is 10.0 Å². The van der Waals surface area contributed by atoms with Crippen LogP contribution in [0.1, 0.15) is 0 Å². The molecule has 0 saturated carbocycles. The molecule has 0 aliphatic carbocycles. The Balaban J connectivity index is 2.55. The predicted molar refractivity (Wildman–Crippen MR) is 58.8 cm³/mol. The van der Waals surface area contributed by atoms with Gasteiger partial charge in [0.15, 0.2) is 15.8 Å². The lowest BCUT2D eigenvalue weighted by Gasteiger charge is -1.98. The van der Waals surface area contributed by atoms with E-state index in [-0.39, 0.29) is 14.8 Å². The van der Waals surface area contributed by atoms with Gasteiger partial charge in [-0.05, 0) is 12.1 Å². The molecule has 17 heavy (non-hydrogen) atoms. The molecule has 2 aromatic rings. The van der Waals surface area contributed by atoms with Gasteiger partial charge in [0.05, 0.1) is 6.20 Å². The maximum atomic E-state index is 13.4. The van der Waals surface area contributed by atoms with E-state index >= 15 is 0 Å². The van der Waals surface area contributed by atoms with Gasteiger partial charge in [-0.1, -0.05) is 6.07 Å². The Morgan fingerprint density at radius 1 is 1.29 bits per heavy atom. The molecular formula is C9H6F2N2O2S2. The summed E-state index contributed by atoms with van der Waals surface area (Å²) < 4.78 is 48.2. The van der Waals surface area contributed by atoms with Gasteiger partial charge in [-0.15, -0.1) is 11.3 Å². The zero-order chi connectivity index (χ0) is 12.6. The largest absolute Gasteiger partial charge is 0.249 e. The molecule has 0 bridgehead atoms. The Hall–Kier alpha value is -1.38. The van der Waals surface area contributed by atoms with E-state index in [0.29, 0.717) is 11.3 Å². The van der Waals surface area contributed by atoms with Crippen LogP contribution in [0, 0.1) is 11.6 Å². The van der Waals surface area contributed by atoms with Crippen molar-refractivity contribution in [1.29, 1.82) is 0 Å². The van der Waals surface area contributed by atoms with Crippen LogP contribution in [0.5, 0.6) is 0 Å². The Morgan fingerprint density at radius 3 is 2.59 bits per heavy atom. The van der Waals surface area contributed by atoms with E-state index in [1.807, 2.05) is 0 Å². The third-order valence-corrected chi connectivity index (χ3v) is 4.39. The molecule has 0 unspecified atom stereocenters. The number of hydrogen-bond donors (Lipinski definition) is 1. The first-order chi connectivity index (χ1) is 7.89. The number of thiazole rings is 1. The van der Waals surface area contributed by atoms with Crippen LogP contribution < -0.4 is 5.14 Å². The number of benzene rings is 1. The van der Waals surface area contributed by atoms with E-state index in [1.165, 1.54) is 12.1 Å². The molecule has 0 aliphatic heterocycles. The molecule has 1 aromatic carbocycles. The van der Waals surface area contributed by atoms with E-state index in [4.69, 9.17) is 5.14 Å². The minimum absolute atomic E-state index is 0.0611. The number of nitrogens with zero attached hydrogens (tertiary/aromatic N) is 1. The molecule has 0 atom stereocenters. The van der Waals surface area contributed by atoms with E-state index in [1.54, 1.807) is 0 Å². The molecule has 0 spiro atoms. The van der Waals surface area contributed by atoms with Crippen molar-refractivity contribution in [2.75, 3.05) is 0 Å². The summed E-state index contributed by atoms with van der Waals surface area (Å²) in [5.74, 6) is -2.09. The van der Waals surface area contributed by atoms with Crippen molar-refractivity contribution in [2.24, 2.45) is 5.14 Å². The number of sulfonamides is 1. The second kappa shape index (κ2) is 4.13. The molecule has 0 aliphatic rings. The number of halogens is 2. The van der Waals surface area contributed by atoms with Crippen LogP contribution >= 0.6 is 11.3 Å². The molecule has 2 N–H and O–H groups in total. The molecule has 0 saturated heterocycles. The topological polar surface area (TPSA) is 73.1 Å². The Bertz CT molecular complexity index is 667. The van der Waals surface area contributed by atoms with Crippen LogP contribution in [0.2, 0.25) is 0 Å². The number of nitrogens with two attached hydrogens (primary N) is 1. The van der Waals surface area contributed by atoms with Gasteiger partial charge in [-0.2, -0.15) is 0 Å². The fourth-order valence-corrected chi connectivity index (χ4v) is 2.75. The molecule has 2 rings (SSSR count). The molecule has 8 heteroatoms. The number of primary sulfonamides is 1. The minimum atomic E-state index is -3.87. The zero-order valence-electron chi connectivity index (χ0n) is 8.22. The highest BCUT2D eigenvalue weighted by molar-refractivity contribution is 7.91. The smallest absolute Gasteiger partial charge is 0.243 e. The van der Waals surface area contributed by atoms with Gasteiger partial charge >= 0.3 is 0 Å². The summed E-state index contributed by atoms with van der Waals surface area (Å²) in [6.45, 7) is 0. The first kappa shape index (κ1) is 12.1. The standard InChI is InChI=1S/C9H6F2N2O2S2/c10-6-3-1-2-5(8(6)11)9-13-4-7(16-9)17(12,14)15/h1-4H,(H2,12,14,15). The van der Waals surface area contributed by atoms with Gasteiger partial charge in [0, 0.05) is 5.56 Å². The maximum Gasteiger partial charge on any atom is 0.249 e. The summed E-state index contributed by atoms with van der Waals surface area (Å²) >= 11 is 0.685. The molecule has 1 aromatic heterocycles. The summed E-state index contributed by atoms with van der Waals surface area (Å²) in [4.78, 5) is 3.71. The van der Waals surface area contributed by atoms with Crippen molar-refractivity contribution in [3.8, 4) is 10.6 Å². The predicted octanol–water partition coefficient (Wildman–Crippen LogP) is 1.74. The Labute approximate surface area is 99.8 Å². The SMILES string of the molecule is NS(=O)(=O)c1cnc(-c2cccc(F)c2F)s1. The van der Waals surface area contributed by atoms with Gasteiger partial charge in [-0.3, -0.25) is 0 Å². The average molecular weight is 276 g/mol. The normalized spacial score (nSPS) is 11.7. The molecule has 0 amide bonds. The fraction of sp³-hybridized carbons (Fsp3) is 0. The van der Waals surface area contributed by atoms with Crippen molar-refractivity contribution in [1.82, 2.24) is 4.98 Å². The number of aromatic nitrogens is 1. The summed E-state index contributed by atoms with van der Waals surface area (Å²) in [5.41, 5.74) is -0.0927. The van der Waals surface area contributed by atoms with Crippen molar-refractivity contribution in [3.05, 3.63) is 36.0 Å². The quantitative estimate of drug-likeness (QED) is 0.908. The first-order valence-corrected chi connectivity index (χ1v) is 6.69. The highest BCUT2D eigenvalue weighted by Gasteiger charge is 2.17. The lowest BCUT2D eigenvalue weighted by atomic mass is 10.2. The summed E-state index contributed by atoms with van der Waals surface area (Å²) in [5, 5.41) is 4.95. The van der Waals surface area contributed by atoms with Crippen molar-refractivity contribution < 1.29 is 17.2 Å². The maximum absolute atomic E-state index is 13.4. The Morgan fingerprint density at radius 2 is 2.00 bits per heavy atom. The van der Waals surface area contributed by atoms with Gasteiger partial charge in [0.25, 0.3) is 0 Å². The van der Waals surface area contributed by atoms with Crippen LogP contribution in [0.25, 0.3) is 10.6 Å². The highest BCUT2D eigenvalue weighted by atomic mass is 32.2. The van der Waals surface area contributed by atoms with E-state index < -0.39 is 21.7 Å². The zero-order valence-corrected chi connectivity index (χ0v) is 9.86. The van der Waals surface area contributed by atoms with Crippen LogP contribution in [0.15, 0.2) is 28.6 Å². The number of hydrogen-bond acceptors (Lipinski definition) is 4. The Kier molecular flexibility index (Phi) is 2.94. The lowest BCUT2D eigenvalue weighted by Crippen LogP contribution is -2.09. The summed E-state index contributed by atoms with van der Waals surface area (Å²) in [7, 11) is -3.87. The molecule has 0 fully saturated rings. The average Bonchev–Trinajstić information content (AvgIpc) is 2.70. The number of rotatable bonds is 2. The van der Waals surface area contributed by atoms with Crippen molar-refractivity contribution in [3.63, 3.8) is 0 Å². The molecular weight excluding hydrogens is 270 g/mol. The summed E-state index contributed by atoms with van der Waals surface area (Å²) in [6, 6.07) is 3.59. The van der Waals surface area contributed by atoms with Gasteiger partial charge < -0.3 is 0 Å². The summed E-state index contributed by atoms with van der Waals surface area (Å²) in [6.07, 6.45) is 1.01. The second-order valence-electron chi connectivity index (χ2n) is 3.13. The third kappa shape index (κ3) is 2.33. The van der Waals surface area contributed by atoms with Crippen LogP contribution in [0.4, 0.5) is 8.78 Å². The minimum Gasteiger partial charge on any atom is -0.243 e. The molecule has 4 nitrogen and oxygen atoms in total. The van der Waals surface area contributed by atoms with E-state index in [0.717, 1.165) is 12.3 Å². The van der Waals surface area contributed by atoms with E-state index in [2.05, 4.69) is 4.98 Å². The highest BCUT2D eigenvalue weighted by Crippen LogP contribution is 2.29. The molecule has 1 heterocycles. The second-order valence-corrected chi connectivity index (χ2v) is 5.95. The van der Waals surface area contributed by atoms with Crippen LogP contribution in [-0.2, 0) is 10.0 Å². The lowest BCUT2D eigenvalue weighted by molar-refractivity contribution is 0.511. The third-order valence-electron chi connectivity index (χ3n) is 1.95. The first-order valence-electron chi connectivity index (χ1n) is 4.32. The fourth-order valence-electron chi connectivity index (χ4n) is 1.18. The van der Waals surface area contributed by atoms with E-state index in [9.17, 15) is 17.2 Å². The van der Waals surface area contributed by atoms with Gasteiger partial charge in [0.1, 0.15) is 5.01 Å². The van der Waals surface area contributed by atoms with Crippen molar-refractivity contribution in [2.45, 2.75) is 4.21 Å².